The van der Waals surface area contributed by atoms with E-state index in [2.05, 4.69) is 30.2 Å². The van der Waals surface area contributed by atoms with E-state index in [0.29, 0.717) is 17.4 Å². The van der Waals surface area contributed by atoms with Crippen molar-refractivity contribution in [3.63, 3.8) is 0 Å². The minimum atomic E-state index is -4.84. The summed E-state index contributed by atoms with van der Waals surface area (Å²) in [4.78, 5) is 34.8. The van der Waals surface area contributed by atoms with Crippen LogP contribution in [0.1, 0.15) is 39.1 Å². The number of amides is 1. The van der Waals surface area contributed by atoms with Crippen LogP contribution in [0.5, 0.6) is 17.4 Å². The molecule has 1 aliphatic heterocycles. The lowest BCUT2D eigenvalue weighted by Gasteiger charge is -2.29. The molecule has 1 fully saturated rings. The van der Waals surface area contributed by atoms with Gasteiger partial charge in [-0.1, -0.05) is 12.1 Å². The van der Waals surface area contributed by atoms with Crippen LogP contribution < -0.4 is 20.1 Å². The van der Waals surface area contributed by atoms with Gasteiger partial charge in [0.2, 0.25) is 11.8 Å². The SMILES string of the molecule is COC(=O)c1ccccc1Oc1nc(Nc2ccc(C(=O)NC3CCN(C)CC3)cc2OC)ncc1C(F)(F)F. The fraction of sp³-hybridized carbons (Fsp3) is 0.333. The first-order chi connectivity index (χ1) is 19.1. The maximum atomic E-state index is 13.7. The number of hydrogen-bond acceptors (Lipinski definition) is 9. The van der Waals surface area contributed by atoms with Crippen LogP contribution in [-0.4, -0.2) is 67.1 Å². The van der Waals surface area contributed by atoms with Gasteiger partial charge in [-0.15, -0.1) is 0 Å². The lowest BCUT2D eigenvalue weighted by Crippen LogP contribution is -2.43. The Balaban J connectivity index is 1.58. The third kappa shape index (κ3) is 6.78. The summed E-state index contributed by atoms with van der Waals surface area (Å²) in [5.41, 5.74) is -0.662. The Morgan fingerprint density at radius 1 is 1.05 bits per heavy atom. The van der Waals surface area contributed by atoms with Crippen LogP contribution >= 0.6 is 0 Å². The Morgan fingerprint density at radius 2 is 1.77 bits per heavy atom. The van der Waals surface area contributed by atoms with Crippen molar-refractivity contribution >= 4 is 23.5 Å². The quantitative estimate of drug-likeness (QED) is 0.381. The predicted octanol–water partition coefficient (Wildman–Crippen LogP) is 4.65. The lowest BCUT2D eigenvalue weighted by atomic mass is 10.0. The number of carbonyl (C=O) groups excluding carboxylic acids is 2. The third-order valence-electron chi connectivity index (χ3n) is 6.32. The van der Waals surface area contributed by atoms with Crippen LogP contribution in [0, 0.1) is 0 Å². The van der Waals surface area contributed by atoms with Crippen molar-refractivity contribution in [2.75, 3.05) is 39.7 Å². The number of piperidine rings is 1. The zero-order chi connectivity index (χ0) is 28.9. The summed E-state index contributed by atoms with van der Waals surface area (Å²) in [5, 5.41) is 5.83. The molecule has 13 heteroatoms. The molecule has 2 N–H and O–H groups in total. The largest absolute Gasteiger partial charge is 0.495 e. The fourth-order valence-electron chi connectivity index (χ4n) is 4.11. The van der Waals surface area contributed by atoms with E-state index >= 15 is 0 Å². The molecular weight excluding hydrogens is 531 g/mol. The number of likely N-dealkylation sites (tertiary alicyclic amines) is 1. The molecule has 1 saturated heterocycles. The highest BCUT2D eigenvalue weighted by molar-refractivity contribution is 5.95. The second-order valence-corrected chi connectivity index (χ2v) is 9.09. The number of benzene rings is 2. The molecule has 0 spiro atoms. The van der Waals surface area contributed by atoms with Crippen molar-refractivity contribution in [3.8, 4) is 17.4 Å². The Kier molecular flexibility index (Phi) is 8.73. The van der Waals surface area contributed by atoms with Crippen LogP contribution in [0.15, 0.2) is 48.7 Å². The highest BCUT2D eigenvalue weighted by atomic mass is 19.4. The summed E-state index contributed by atoms with van der Waals surface area (Å²) in [5.74, 6) is -2.04. The van der Waals surface area contributed by atoms with E-state index in [1.54, 1.807) is 6.07 Å². The van der Waals surface area contributed by atoms with Crippen molar-refractivity contribution < 1.29 is 37.0 Å². The van der Waals surface area contributed by atoms with Crippen LogP contribution in [0.4, 0.5) is 24.8 Å². The third-order valence-corrected chi connectivity index (χ3v) is 6.32. The average molecular weight is 560 g/mol. The maximum absolute atomic E-state index is 13.7. The number of ether oxygens (including phenoxy) is 3. The van der Waals surface area contributed by atoms with Gasteiger partial charge in [-0.25, -0.2) is 9.78 Å². The van der Waals surface area contributed by atoms with Gasteiger partial charge in [0.05, 0.1) is 19.9 Å². The standard InChI is InChI=1S/C27H28F3N5O5/c1-35-12-10-17(11-13-35)32-23(36)16-8-9-20(22(14-16)38-2)33-26-31-15-19(27(28,29)30)24(34-26)40-21-7-5-4-6-18(21)25(37)39-3/h4-9,14-15,17H,10-13H2,1-3H3,(H,32,36)(H,31,33,34). The number of aromatic nitrogens is 2. The number of rotatable bonds is 8. The van der Waals surface area contributed by atoms with Crippen LogP contribution in [0.3, 0.4) is 0 Å². The minimum absolute atomic E-state index is 0.0655. The Bertz CT molecular complexity index is 1380. The molecule has 0 unspecified atom stereocenters. The second-order valence-electron chi connectivity index (χ2n) is 9.09. The Labute approximate surface area is 228 Å². The zero-order valence-electron chi connectivity index (χ0n) is 22.0. The molecule has 1 aliphatic rings. The van der Waals surface area contributed by atoms with Crippen molar-refractivity contribution in [3.05, 3.63) is 65.4 Å². The summed E-state index contributed by atoms with van der Waals surface area (Å²) in [7, 11) is 4.57. The molecule has 2 heterocycles. The summed E-state index contributed by atoms with van der Waals surface area (Å²) in [6.45, 7) is 1.79. The average Bonchev–Trinajstić information content (AvgIpc) is 2.93. The molecule has 0 radical (unpaired) electrons. The van der Waals surface area contributed by atoms with Crippen molar-refractivity contribution in [2.45, 2.75) is 25.1 Å². The molecule has 40 heavy (non-hydrogen) atoms. The maximum Gasteiger partial charge on any atom is 0.423 e. The number of anilines is 2. The summed E-state index contributed by atoms with van der Waals surface area (Å²) < 4.78 is 56.7. The van der Waals surface area contributed by atoms with E-state index in [-0.39, 0.29) is 35.0 Å². The van der Waals surface area contributed by atoms with Crippen molar-refractivity contribution in [1.82, 2.24) is 20.2 Å². The molecule has 0 aliphatic carbocycles. The van der Waals surface area contributed by atoms with E-state index < -0.39 is 23.6 Å². The van der Waals surface area contributed by atoms with Gasteiger partial charge in [0.15, 0.2) is 0 Å². The molecule has 0 saturated carbocycles. The number of esters is 1. The van der Waals surface area contributed by atoms with Crippen molar-refractivity contribution in [1.29, 1.82) is 0 Å². The molecule has 2 aromatic carbocycles. The number of methoxy groups -OCH3 is 2. The highest BCUT2D eigenvalue weighted by Gasteiger charge is 2.37. The van der Waals surface area contributed by atoms with Crippen LogP contribution in [-0.2, 0) is 10.9 Å². The van der Waals surface area contributed by atoms with E-state index in [9.17, 15) is 22.8 Å². The normalized spacial score (nSPS) is 14.3. The smallest absolute Gasteiger partial charge is 0.423 e. The first-order valence-corrected chi connectivity index (χ1v) is 12.3. The van der Waals surface area contributed by atoms with Crippen molar-refractivity contribution in [2.24, 2.45) is 0 Å². The molecule has 3 aromatic rings. The summed E-state index contributed by atoms with van der Waals surface area (Å²) in [6, 6.07) is 10.4. The number of alkyl halides is 3. The van der Waals surface area contributed by atoms with Gasteiger partial charge in [-0.05, 0) is 63.3 Å². The Morgan fingerprint density at radius 3 is 2.45 bits per heavy atom. The molecule has 4 rings (SSSR count). The first-order valence-electron chi connectivity index (χ1n) is 12.3. The van der Waals surface area contributed by atoms with Gasteiger partial charge in [0.25, 0.3) is 5.91 Å². The fourth-order valence-corrected chi connectivity index (χ4v) is 4.11. The molecule has 212 valence electrons. The molecule has 1 aromatic heterocycles. The lowest BCUT2D eigenvalue weighted by molar-refractivity contribution is -0.139. The van der Waals surface area contributed by atoms with E-state index in [1.165, 1.54) is 43.5 Å². The number of nitrogens with zero attached hydrogens (tertiary/aromatic N) is 3. The minimum Gasteiger partial charge on any atom is -0.495 e. The van der Waals surface area contributed by atoms with Gasteiger partial charge >= 0.3 is 12.1 Å². The van der Waals surface area contributed by atoms with E-state index in [4.69, 9.17) is 9.47 Å². The first kappa shape index (κ1) is 28.6. The summed E-state index contributed by atoms with van der Waals surface area (Å²) >= 11 is 0. The Hall–Kier alpha value is -4.39. The van der Waals surface area contributed by atoms with Gasteiger partial charge in [-0.3, -0.25) is 4.79 Å². The van der Waals surface area contributed by atoms with E-state index in [1.807, 2.05) is 7.05 Å². The molecule has 0 atom stereocenters. The monoisotopic (exact) mass is 559 g/mol. The zero-order valence-corrected chi connectivity index (χ0v) is 22.0. The van der Waals surface area contributed by atoms with Crippen LogP contribution in [0.25, 0.3) is 0 Å². The highest BCUT2D eigenvalue weighted by Crippen LogP contribution is 2.38. The number of hydrogen-bond donors (Lipinski definition) is 2. The van der Waals surface area contributed by atoms with Gasteiger partial charge < -0.3 is 29.7 Å². The number of carbonyl (C=O) groups is 2. The van der Waals surface area contributed by atoms with E-state index in [0.717, 1.165) is 33.0 Å². The topological polar surface area (TPSA) is 115 Å². The summed E-state index contributed by atoms with van der Waals surface area (Å²) in [6.07, 6.45) is -2.58. The van der Waals surface area contributed by atoms with Gasteiger partial charge in [0, 0.05) is 17.8 Å². The molecule has 1 amide bonds. The van der Waals surface area contributed by atoms with Gasteiger partial charge in [-0.2, -0.15) is 18.2 Å². The number of nitrogens with one attached hydrogen (secondary N) is 2. The molecule has 10 nitrogen and oxygen atoms in total. The number of halogens is 3. The molecule has 0 bridgehead atoms. The number of para-hydroxylation sites is 1. The predicted molar refractivity (Wildman–Crippen MR) is 139 cm³/mol. The molecular formula is C27H28F3N5O5. The van der Waals surface area contributed by atoms with Crippen LogP contribution in [0.2, 0.25) is 0 Å². The second kappa shape index (κ2) is 12.2. The van der Waals surface area contributed by atoms with Gasteiger partial charge in [0.1, 0.15) is 22.6 Å².